The minimum Gasteiger partial charge on any atom is -0.265 e. The van der Waals surface area contributed by atoms with Gasteiger partial charge in [0.2, 0.25) is 4.77 Å². The molecule has 0 bridgehead atoms. The maximum atomic E-state index is 5.40. The Kier molecular flexibility index (Phi) is 4.03. The summed E-state index contributed by atoms with van der Waals surface area (Å²) in [6.07, 6.45) is 5.30. The van der Waals surface area contributed by atoms with Crippen molar-refractivity contribution in [1.82, 2.24) is 19.9 Å². The Morgan fingerprint density at radius 3 is 2.21 bits per heavy atom. The summed E-state index contributed by atoms with van der Waals surface area (Å²) in [7, 11) is 0. The maximum Gasteiger partial charge on any atom is 0.216 e. The van der Waals surface area contributed by atoms with Gasteiger partial charge in [-0.25, -0.2) is 5.10 Å². The highest BCUT2D eigenvalue weighted by molar-refractivity contribution is 7.71. The zero-order valence-corrected chi connectivity index (χ0v) is 15.6. The number of hydrogen-bond acceptors (Lipinski definition) is 4. The molecule has 2 aromatic heterocycles. The van der Waals surface area contributed by atoms with Crippen molar-refractivity contribution in [2.45, 2.75) is 0 Å². The lowest BCUT2D eigenvalue weighted by Crippen LogP contribution is -1.96. The van der Waals surface area contributed by atoms with E-state index in [0.717, 1.165) is 21.9 Å². The number of hydrogen-bond donors (Lipinski definition) is 1. The first-order valence-corrected chi connectivity index (χ1v) is 9.25. The Balaban J connectivity index is 1.72. The SMILES string of the molecule is S=c1[nH]nc(-c2ccncc2)n1/N=C\c1c2ccccc2cc2ccccc12. The number of rotatable bonds is 3. The van der Waals surface area contributed by atoms with Gasteiger partial charge >= 0.3 is 0 Å². The van der Waals surface area contributed by atoms with Crippen LogP contribution in [0.2, 0.25) is 0 Å². The van der Waals surface area contributed by atoms with Crippen LogP contribution in [0.25, 0.3) is 32.9 Å². The first-order chi connectivity index (χ1) is 13.8. The lowest BCUT2D eigenvalue weighted by atomic mass is 9.97. The highest BCUT2D eigenvalue weighted by Gasteiger charge is 2.09. The summed E-state index contributed by atoms with van der Waals surface area (Å²) in [6, 6.07) is 22.6. The fourth-order valence-electron chi connectivity index (χ4n) is 3.39. The number of pyridine rings is 1. The molecule has 0 aliphatic heterocycles. The van der Waals surface area contributed by atoms with Gasteiger partial charge in [-0.05, 0) is 52.0 Å². The van der Waals surface area contributed by atoms with Crippen molar-refractivity contribution in [3.63, 3.8) is 0 Å². The van der Waals surface area contributed by atoms with Gasteiger partial charge in [0, 0.05) is 23.5 Å². The van der Waals surface area contributed by atoms with Gasteiger partial charge in [0.05, 0.1) is 6.21 Å². The Hall–Kier alpha value is -3.64. The number of aromatic nitrogens is 4. The molecule has 2 heterocycles. The van der Waals surface area contributed by atoms with Crippen LogP contribution in [0, 0.1) is 4.77 Å². The topological polar surface area (TPSA) is 58.9 Å². The molecule has 28 heavy (non-hydrogen) atoms. The number of nitrogens with one attached hydrogen (secondary N) is 1. The van der Waals surface area contributed by atoms with E-state index in [1.165, 1.54) is 10.8 Å². The first-order valence-electron chi connectivity index (χ1n) is 8.84. The van der Waals surface area contributed by atoms with Crippen molar-refractivity contribution >= 4 is 40.0 Å². The molecule has 3 aromatic carbocycles. The van der Waals surface area contributed by atoms with Crippen molar-refractivity contribution in [3.8, 4) is 11.4 Å². The second-order valence-electron chi connectivity index (χ2n) is 6.38. The third kappa shape index (κ3) is 2.80. The quantitative estimate of drug-likeness (QED) is 0.266. The Labute approximate surface area is 166 Å². The summed E-state index contributed by atoms with van der Waals surface area (Å²) in [6.45, 7) is 0. The van der Waals surface area contributed by atoms with Crippen molar-refractivity contribution < 1.29 is 0 Å². The van der Waals surface area contributed by atoms with Gasteiger partial charge < -0.3 is 0 Å². The van der Waals surface area contributed by atoms with Crippen molar-refractivity contribution in [3.05, 3.63) is 89.5 Å². The molecule has 5 rings (SSSR count). The summed E-state index contributed by atoms with van der Waals surface area (Å²) < 4.78 is 2.08. The van der Waals surface area contributed by atoms with E-state index in [0.29, 0.717) is 10.6 Å². The number of aromatic amines is 1. The zero-order valence-electron chi connectivity index (χ0n) is 14.8. The van der Waals surface area contributed by atoms with Gasteiger partial charge in [0.1, 0.15) is 0 Å². The van der Waals surface area contributed by atoms with Crippen LogP contribution in [-0.4, -0.2) is 26.1 Å². The summed E-state index contributed by atoms with van der Waals surface area (Å²) in [5.74, 6) is 0.646. The fraction of sp³-hybridized carbons (Fsp3) is 0. The monoisotopic (exact) mass is 381 g/mol. The predicted octanol–water partition coefficient (Wildman–Crippen LogP) is 5.19. The number of H-pyrrole nitrogens is 1. The van der Waals surface area contributed by atoms with E-state index in [1.54, 1.807) is 17.1 Å². The van der Waals surface area contributed by atoms with E-state index < -0.39 is 0 Å². The number of fused-ring (bicyclic) bond motifs is 2. The van der Waals surface area contributed by atoms with Crippen LogP contribution in [0.5, 0.6) is 0 Å². The standard InChI is InChI=1S/C22H15N5S/c28-22-26-25-21(15-9-11-23-12-10-15)27(22)24-14-20-18-7-3-1-5-16(18)13-17-6-2-4-8-19(17)20/h1-14H,(H,26,28)/b24-14-. The highest BCUT2D eigenvalue weighted by Crippen LogP contribution is 2.27. The maximum absolute atomic E-state index is 5.40. The molecule has 0 spiro atoms. The van der Waals surface area contributed by atoms with Crippen molar-refractivity contribution in [1.29, 1.82) is 0 Å². The second-order valence-corrected chi connectivity index (χ2v) is 6.76. The third-order valence-electron chi connectivity index (χ3n) is 4.70. The summed E-state index contributed by atoms with van der Waals surface area (Å²) in [4.78, 5) is 4.06. The molecule has 0 radical (unpaired) electrons. The van der Waals surface area contributed by atoms with Crippen LogP contribution < -0.4 is 0 Å². The van der Waals surface area contributed by atoms with E-state index in [-0.39, 0.29) is 0 Å². The molecule has 134 valence electrons. The van der Waals surface area contributed by atoms with E-state index in [2.05, 4.69) is 50.6 Å². The first kappa shape index (κ1) is 16.5. The molecule has 1 N–H and O–H groups in total. The van der Waals surface area contributed by atoms with Crippen molar-refractivity contribution in [2.24, 2.45) is 5.10 Å². The Morgan fingerprint density at radius 2 is 1.54 bits per heavy atom. The predicted molar refractivity (Wildman–Crippen MR) is 115 cm³/mol. The van der Waals surface area contributed by atoms with Crippen LogP contribution in [0.4, 0.5) is 0 Å². The summed E-state index contributed by atoms with van der Waals surface area (Å²) in [5, 5.41) is 16.5. The largest absolute Gasteiger partial charge is 0.265 e. The molecule has 6 heteroatoms. The van der Waals surface area contributed by atoms with Crippen LogP contribution >= 0.6 is 12.2 Å². The number of benzene rings is 3. The van der Waals surface area contributed by atoms with E-state index in [1.807, 2.05) is 42.6 Å². The van der Waals surface area contributed by atoms with Crippen molar-refractivity contribution in [2.75, 3.05) is 0 Å². The number of nitrogens with zero attached hydrogens (tertiary/aromatic N) is 4. The van der Waals surface area contributed by atoms with Gasteiger partial charge in [-0.2, -0.15) is 14.9 Å². The van der Waals surface area contributed by atoms with Crippen LogP contribution in [0.3, 0.4) is 0 Å². The lowest BCUT2D eigenvalue weighted by Gasteiger charge is -2.08. The molecule has 5 nitrogen and oxygen atoms in total. The molecule has 0 amide bonds. The molecule has 0 aliphatic rings. The molecule has 0 unspecified atom stereocenters. The Bertz CT molecular complexity index is 1330. The van der Waals surface area contributed by atoms with Crippen LogP contribution in [-0.2, 0) is 0 Å². The normalized spacial score (nSPS) is 11.6. The van der Waals surface area contributed by atoms with Gasteiger partial charge in [-0.1, -0.05) is 48.5 Å². The summed E-state index contributed by atoms with van der Waals surface area (Å²) >= 11 is 5.40. The average Bonchev–Trinajstić information content (AvgIpc) is 3.12. The van der Waals surface area contributed by atoms with Gasteiger partial charge in [-0.3, -0.25) is 4.98 Å². The highest BCUT2D eigenvalue weighted by atomic mass is 32.1. The third-order valence-corrected chi connectivity index (χ3v) is 4.97. The van der Waals surface area contributed by atoms with E-state index in [9.17, 15) is 0 Å². The fourth-order valence-corrected chi connectivity index (χ4v) is 3.57. The lowest BCUT2D eigenvalue weighted by molar-refractivity contribution is 0.871. The minimum atomic E-state index is 0.438. The van der Waals surface area contributed by atoms with Crippen LogP contribution in [0.1, 0.15) is 5.56 Å². The average molecular weight is 381 g/mol. The Morgan fingerprint density at radius 1 is 0.893 bits per heavy atom. The molecule has 0 saturated heterocycles. The minimum absolute atomic E-state index is 0.438. The summed E-state index contributed by atoms with van der Waals surface area (Å²) in [5.41, 5.74) is 1.94. The molecule has 0 aliphatic carbocycles. The van der Waals surface area contributed by atoms with E-state index in [4.69, 9.17) is 12.2 Å². The molecule has 0 atom stereocenters. The van der Waals surface area contributed by atoms with Gasteiger partial charge in [0.15, 0.2) is 5.82 Å². The van der Waals surface area contributed by atoms with E-state index >= 15 is 0 Å². The molecule has 5 aromatic rings. The molecular weight excluding hydrogens is 366 g/mol. The zero-order chi connectivity index (χ0) is 18.9. The van der Waals surface area contributed by atoms with Crippen LogP contribution in [0.15, 0.2) is 84.2 Å². The molecule has 0 saturated carbocycles. The second kappa shape index (κ2) is 6.83. The van der Waals surface area contributed by atoms with Gasteiger partial charge in [-0.15, -0.1) is 0 Å². The smallest absolute Gasteiger partial charge is 0.216 e. The molecule has 0 fully saturated rings. The molecular formula is C22H15N5S. The van der Waals surface area contributed by atoms with Gasteiger partial charge in [0.25, 0.3) is 0 Å².